The highest BCUT2D eigenvalue weighted by Crippen LogP contribution is 2.41. The van der Waals surface area contributed by atoms with Crippen LogP contribution in [0.2, 0.25) is 0 Å². The van der Waals surface area contributed by atoms with E-state index in [4.69, 9.17) is 0 Å². The smallest absolute Gasteiger partial charge is 0.223 e. The van der Waals surface area contributed by atoms with Crippen molar-refractivity contribution in [3.05, 3.63) is 0 Å². The Morgan fingerprint density at radius 2 is 1.65 bits per heavy atom. The molecule has 0 aromatic rings. The maximum Gasteiger partial charge on any atom is 0.223 e. The van der Waals surface area contributed by atoms with Gasteiger partial charge in [-0.2, -0.15) is 0 Å². The van der Waals surface area contributed by atoms with E-state index in [1.807, 2.05) is 0 Å². The van der Waals surface area contributed by atoms with Gasteiger partial charge in [0.25, 0.3) is 0 Å². The molecule has 116 valence electrons. The third-order valence-corrected chi connectivity index (χ3v) is 4.70. The van der Waals surface area contributed by atoms with Crippen LogP contribution in [0.15, 0.2) is 0 Å². The lowest BCUT2D eigenvalue weighted by molar-refractivity contribution is -0.151. The predicted octanol–water partition coefficient (Wildman–Crippen LogP) is 3.15. The van der Waals surface area contributed by atoms with Crippen molar-refractivity contribution >= 4 is 5.91 Å². The summed E-state index contributed by atoms with van der Waals surface area (Å²) in [6, 6.07) is 0. The number of likely N-dealkylation sites (tertiary alicyclic amines) is 2. The van der Waals surface area contributed by atoms with Crippen molar-refractivity contribution in [1.29, 1.82) is 0 Å². The zero-order valence-corrected chi connectivity index (χ0v) is 14.3. The first-order chi connectivity index (χ1) is 9.01. The van der Waals surface area contributed by atoms with Crippen molar-refractivity contribution in [3.8, 4) is 0 Å². The second-order valence-electron chi connectivity index (χ2n) is 9.18. The highest BCUT2D eigenvalue weighted by atomic mass is 16.2. The zero-order chi connectivity index (χ0) is 15.2. The van der Waals surface area contributed by atoms with Gasteiger partial charge < -0.3 is 4.90 Å². The van der Waals surface area contributed by atoms with Gasteiger partial charge in [0, 0.05) is 37.0 Å². The number of nitrogens with zero attached hydrogens (tertiary/aromatic N) is 2. The summed E-state index contributed by atoms with van der Waals surface area (Å²) in [5, 5.41) is 0. The molecule has 3 heteroatoms. The molecule has 0 aromatic carbocycles. The van der Waals surface area contributed by atoms with E-state index in [1.54, 1.807) is 0 Å². The number of carbonyl (C=O) groups is 1. The highest BCUT2D eigenvalue weighted by molar-refractivity contribution is 5.77. The van der Waals surface area contributed by atoms with Gasteiger partial charge in [-0.1, -0.05) is 20.8 Å². The Bertz CT molecular complexity index is 369. The third-order valence-electron chi connectivity index (χ3n) is 4.70. The summed E-state index contributed by atoms with van der Waals surface area (Å²) in [6.45, 7) is 17.7. The van der Waals surface area contributed by atoms with Gasteiger partial charge in [0.2, 0.25) is 5.91 Å². The van der Waals surface area contributed by atoms with Gasteiger partial charge in [-0.3, -0.25) is 9.69 Å². The minimum atomic E-state index is 0.101. The van der Waals surface area contributed by atoms with E-state index >= 15 is 0 Å². The van der Waals surface area contributed by atoms with E-state index in [2.05, 4.69) is 51.3 Å². The first-order valence-corrected chi connectivity index (χ1v) is 8.04. The Labute approximate surface area is 124 Å². The summed E-state index contributed by atoms with van der Waals surface area (Å²) in [7, 11) is 0. The summed E-state index contributed by atoms with van der Waals surface area (Å²) in [5.41, 5.74) is 0.742. The molecule has 2 heterocycles. The second kappa shape index (κ2) is 5.01. The normalized spacial score (nSPS) is 23.8. The van der Waals surface area contributed by atoms with E-state index in [9.17, 15) is 4.79 Å². The second-order valence-corrected chi connectivity index (χ2v) is 9.18. The van der Waals surface area contributed by atoms with Gasteiger partial charge in [0.05, 0.1) is 0 Å². The Morgan fingerprint density at radius 3 is 2.15 bits per heavy atom. The van der Waals surface area contributed by atoms with Crippen LogP contribution < -0.4 is 0 Å². The topological polar surface area (TPSA) is 23.6 Å². The van der Waals surface area contributed by atoms with Crippen LogP contribution in [0, 0.1) is 10.8 Å². The summed E-state index contributed by atoms with van der Waals surface area (Å²) in [4.78, 5) is 16.9. The van der Waals surface area contributed by atoms with Crippen LogP contribution >= 0.6 is 0 Å². The quantitative estimate of drug-likeness (QED) is 0.736. The summed E-state index contributed by atoms with van der Waals surface area (Å²) < 4.78 is 0. The zero-order valence-electron chi connectivity index (χ0n) is 14.3. The average Bonchev–Trinajstić information content (AvgIpc) is 2.22. The Balaban J connectivity index is 1.89. The van der Waals surface area contributed by atoms with Crippen molar-refractivity contribution in [1.82, 2.24) is 9.80 Å². The lowest BCUT2D eigenvalue weighted by atomic mass is 9.72. The lowest BCUT2D eigenvalue weighted by Crippen LogP contribution is -2.66. The Kier molecular flexibility index (Phi) is 3.96. The lowest BCUT2D eigenvalue weighted by Gasteiger charge is -2.57. The molecule has 2 aliphatic rings. The molecular weight excluding hydrogens is 248 g/mol. The molecule has 3 nitrogen and oxygen atoms in total. The van der Waals surface area contributed by atoms with Crippen molar-refractivity contribution in [2.24, 2.45) is 10.8 Å². The summed E-state index contributed by atoms with van der Waals surface area (Å²) in [5.74, 6) is 0.344. The number of piperidine rings is 1. The van der Waals surface area contributed by atoms with Gasteiger partial charge in [-0.25, -0.2) is 0 Å². The maximum absolute atomic E-state index is 12.3. The van der Waals surface area contributed by atoms with Gasteiger partial charge >= 0.3 is 0 Å². The first kappa shape index (κ1) is 15.8. The number of carbonyl (C=O) groups excluding carboxylic acids is 1. The predicted molar refractivity (Wildman–Crippen MR) is 83.6 cm³/mol. The van der Waals surface area contributed by atoms with Gasteiger partial charge in [-0.05, 0) is 45.6 Å². The van der Waals surface area contributed by atoms with Crippen molar-refractivity contribution in [2.45, 2.75) is 66.3 Å². The van der Waals surface area contributed by atoms with Crippen molar-refractivity contribution in [2.75, 3.05) is 26.2 Å². The standard InChI is InChI=1S/C17H32N2O/c1-15(2,3)10-14(20)18-11-17(12-18)8-7-9-19(13-17)16(4,5)6/h7-13H2,1-6H3. The molecule has 0 aliphatic carbocycles. The molecule has 0 bridgehead atoms. The molecule has 0 aromatic heterocycles. The maximum atomic E-state index is 12.3. The molecule has 2 rings (SSSR count). The number of amides is 1. The number of rotatable bonds is 1. The third kappa shape index (κ3) is 3.55. The van der Waals surface area contributed by atoms with Crippen molar-refractivity contribution < 1.29 is 4.79 Å². The van der Waals surface area contributed by atoms with E-state index in [1.165, 1.54) is 19.4 Å². The number of hydrogen-bond donors (Lipinski definition) is 0. The molecule has 0 N–H and O–H groups in total. The van der Waals surface area contributed by atoms with Gasteiger partial charge in [0.15, 0.2) is 0 Å². The van der Waals surface area contributed by atoms with Crippen LogP contribution in [-0.2, 0) is 4.79 Å². The van der Waals surface area contributed by atoms with Crippen molar-refractivity contribution in [3.63, 3.8) is 0 Å². The van der Waals surface area contributed by atoms with Crippen LogP contribution in [-0.4, -0.2) is 47.4 Å². The molecule has 1 spiro atoms. The summed E-state index contributed by atoms with van der Waals surface area (Å²) in [6.07, 6.45) is 3.24. The number of hydrogen-bond acceptors (Lipinski definition) is 2. The van der Waals surface area contributed by atoms with Crippen LogP contribution in [0.3, 0.4) is 0 Å². The largest absolute Gasteiger partial charge is 0.341 e. The van der Waals surface area contributed by atoms with Crippen LogP contribution in [0.1, 0.15) is 60.8 Å². The molecule has 2 aliphatic heterocycles. The SMILES string of the molecule is CC(C)(C)CC(=O)N1CC2(CCCN(C(C)(C)C)C2)C1. The minimum Gasteiger partial charge on any atom is -0.341 e. The van der Waals surface area contributed by atoms with Crippen LogP contribution in [0.25, 0.3) is 0 Å². The van der Waals surface area contributed by atoms with Crippen LogP contribution in [0.5, 0.6) is 0 Å². The Hall–Kier alpha value is -0.570. The van der Waals surface area contributed by atoms with E-state index in [0.717, 1.165) is 19.6 Å². The first-order valence-electron chi connectivity index (χ1n) is 8.04. The minimum absolute atomic E-state index is 0.101. The molecule has 20 heavy (non-hydrogen) atoms. The Morgan fingerprint density at radius 1 is 1.05 bits per heavy atom. The fourth-order valence-corrected chi connectivity index (χ4v) is 3.54. The average molecular weight is 280 g/mol. The molecule has 1 amide bonds. The molecular formula is C17H32N2O. The van der Waals surface area contributed by atoms with E-state index in [0.29, 0.717) is 17.7 Å². The fraction of sp³-hybridized carbons (Fsp3) is 0.941. The van der Waals surface area contributed by atoms with Gasteiger partial charge in [0.1, 0.15) is 0 Å². The van der Waals surface area contributed by atoms with Crippen LogP contribution in [0.4, 0.5) is 0 Å². The molecule has 0 radical (unpaired) electrons. The van der Waals surface area contributed by atoms with E-state index in [-0.39, 0.29) is 11.0 Å². The highest BCUT2D eigenvalue weighted by Gasteiger charge is 2.48. The fourth-order valence-electron chi connectivity index (χ4n) is 3.54. The summed E-state index contributed by atoms with van der Waals surface area (Å²) >= 11 is 0. The van der Waals surface area contributed by atoms with E-state index < -0.39 is 0 Å². The molecule has 2 saturated heterocycles. The van der Waals surface area contributed by atoms with Gasteiger partial charge in [-0.15, -0.1) is 0 Å². The molecule has 2 fully saturated rings. The molecule has 0 saturated carbocycles. The monoisotopic (exact) mass is 280 g/mol. The molecule has 0 unspecified atom stereocenters. The molecule has 0 atom stereocenters.